The molecule has 0 aliphatic rings. The van der Waals surface area contributed by atoms with Crippen molar-refractivity contribution in [2.45, 2.75) is 25.5 Å². The summed E-state index contributed by atoms with van der Waals surface area (Å²) in [5.74, 6) is 1.88. The van der Waals surface area contributed by atoms with Crippen LogP contribution >= 0.6 is 11.8 Å². The maximum Gasteiger partial charge on any atom is 0.316 e. The zero-order valence-corrected chi connectivity index (χ0v) is 16.1. The van der Waals surface area contributed by atoms with Crippen molar-refractivity contribution >= 4 is 17.7 Å². The third kappa shape index (κ3) is 5.13. The molecule has 142 valence electrons. The van der Waals surface area contributed by atoms with Gasteiger partial charge in [-0.25, -0.2) is 0 Å². The molecule has 2 heterocycles. The Morgan fingerprint density at radius 1 is 1.19 bits per heavy atom. The van der Waals surface area contributed by atoms with Crippen molar-refractivity contribution in [2.24, 2.45) is 0 Å². The number of carbonyl (C=O) groups is 1. The second kappa shape index (κ2) is 9.27. The van der Waals surface area contributed by atoms with Crippen LogP contribution in [0.25, 0.3) is 11.6 Å². The fraction of sp³-hybridized carbons (Fsp3) is 0.316. The maximum absolute atomic E-state index is 11.9. The number of benzene rings is 1. The largest absolute Gasteiger partial charge is 0.490 e. The van der Waals surface area contributed by atoms with Crippen molar-refractivity contribution in [3.05, 3.63) is 48.2 Å². The Hall–Kier alpha value is -2.74. The smallest absolute Gasteiger partial charge is 0.316 e. The molecule has 3 aromatic rings. The highest BCUT2D eigenvalue weighted by atomic mass is 32.2. The Morgan fingerprint density at radius 3 is 2.70 bits per heavy atom. The van der Waals surface area contributed by atoms with Gasteiger partial charge in [-0.3, -0.25) is 9.36 Å². The molecule has 8 heteroatoms. The molecule has 0 aliphatic heterocycles. The first-order valence-electron chi connectivity index (χ1n) is 8.62. The van der Waals surface area contributed by atoms with Gasteiger partial charge in [0.05, 0.1) is 12.0 Å². The minimum atomic E-state index is -0.322. The summed E-state index contributed by atoms with van der Waals surface area (Å²) in [6.07, 6.45) is 1.59. The SMILES string of the molecule is CCn1c(SCC(=O)OCCOc2ccc(C)cc2)nnc1-c1ccco1. The summed E-state index contributed by atoms with van der Waals surface area (Å²) < 4.78 is 18.0. The highest BCUT2D eigenvalue weighted by molar-refractivity contribution is 7.99. The molecule has 0 atom stereocenters. The van der Waals surface area contributed by atoms with Gasteiger partial charge in [-0.1, -0.05) is 29.5 Å². The molecule has 0 spiro atoms. The summed E-state index contributed by atoms with van der Waals surface area (Å²) in [7, 11) is 0. The molecule has 0 unspecified atom stereocenters. The summed E-state index contributed by atoms with van der Waals surface area (Å²) in [4.78, 5) is 11.9. The van der Waals surface area contributed by atoms with Crippen LogP contribution in [-0.4, -0.2) is 39.7 Å². The van der Waals surface area contributed by atoms with Gasteiger partial charge in [0.1, 0.15) is 19.0 Å². The van der Waals surface area contributed by atoms with Crippen LogP contribution in [0.15, 0.2) is 52.2 Å². The number of aryl methyl sites for hydroxylation is 1. The Bertz CT molecular complexity index is 860. The van der Waals surface area contributed by atoms with Gasteiger partial charge in [0, 0.05) is 6.54 Å². The first-order chi connectivity index (χ1) is 13.2. The molecule has 2 aromatic heterocycles. The normalized spacial score (nSPS) is 10.7. The fourth-order valence-electron chi connectivity index (χ4n) is 2.38. The number of thioether (sulfide) groups is 1. The molecular weight excluding hydrogens is 366 g/mol. The Kier molecular flexibility index (Phi) is 6.54. The van der Waals surface area contributed by atoms with Gasteiger partial charge in [-0.05, 0) is 38.1 Å². The third-order valence-corrected chi connectivity index (χ3v) is 4.67. The van der Waals surface area contributed by atoms with Crippen LogP contribution in [0.2, 0.25) is 0 Å². The number of aromatic nitrogens is 3. The summed E-state index contributed by atoms with van der Waals surface area (Å²) in [6, 6.07) is 11.3. The number of ether oxygens (including phenoxy) is 2. The fourth-order valence-corrected chi connectivity index (χ4v) is 3.18. The van der Waals surface area contributed by atoms with E-state index in [-0.39, 0.29) is 18.3 Å². The Balaban J connectivity index is 1.43. The van der Waals surface area contributed by atoms with E-state index in [1.54, 1.807) is 12.3 Å². The molecular formula is C19H21N3O4S. The minimum absolute atomic E-state index is 0.154. The highest BCUT2D eigenvalue weighted by Crippen LogP contribution is 2.24. The molecule has 27 heavy (non-hydrogen) atoms. The van der Waals surface area contributed by atoms with E-state index in [4.69, 9.17) is 13.9 Å². The van der Waals surface area contributed by atoms with Crippen molar-refractivity contribution in [2.75, 3.05) is 19.0 Å². The number of rotatable bonds is 9. The second-order valence-electron chi connectivity index (χ2n) is 5.70. The molecule has 0 saturated heterocycles. The first kappa shape index (κ1) is 19.0. The first-order valence-corrected chi connectivity index (χ1v) is 9.61. The Morgan fingerprint density at radius 2 is 2.00 bits per heavy atom. The summed E-state index contributed by atoms with van der Waals surface area (Å²) in [6.45, 7) is 5.18. The topological polar surface area (TPSA) is 79.4 Å². The Labute approximate surface area is 161 Å². The lowest BCUT2D eigenvalue weighted by molar-refractivity contribution is -0.141. The molecule has 7 nitrogen and oxygen atoms in total. The zero-order chi connectivity index (χ0) is 19.1. The summed E-state index contributed by atoms with van der Waals surface area (Å²) in [5, 5.41) is 8.94. The standard InChI is InChI=1S/C19H21N3O4S/c1-3-22-18(16-5-4-10-25-16)20-21-19(22)27-13-17(23)26-12-11-24-15-8-6-14(2)7-9-15/h4-10H,3,11-13H2,1-2H3. The number of furan rings is 1. The van der Waals surface area contributed by atoms with Gasteiger partial charge in [0.2, 0.25) is 0 Å². The van der Waals surface area contributed by atoms with E-state index >= 15 is 0 Å². The summed E-state index contributed by atoms with van der Waals surface area (Å²) in [5.41, 5.74) is 1.17. The number of nitrogens with zero attached hydrogens (tertiary/aromatic N) is 3. The lowest BCUT2D eigenvalue weighted by Gasteiger charge is -2.08. The van der Waals surface area contributed by atoms with Crippen LogP contribution in [-0.2, 0) is 16.1 Å². The van der Waals surface area contributed by atoms with Crippen molar-refractivity contribution in [3.8, 4) is 17.3 Å². The van der Waals surface area contributed by atoms with E-state index < -0.39 is 0 Å². The van der Waals surface area contributed by atoms with Crippen LogP contribution in [0, 0.1) is 6.92 Å². The molecule has 0 radical (unpaired) electrons. The van der Waals surface area contributed by atoms with Gasteiger partial charge >= 0.3 is 5.97 Å². The van der Waals surface area contributed by atoms with Gasteiger partial charge in [-0.2, -0.15) is 0 Å². The third-order valence-electron chi connectivity index (χ3n) is 3.73. The van der Waals surface area contributed by atoms with E-state index in [9.17, 15) is 4.79 Å². The van der Waals surface area contributed by atoms with E-state index in [0.717, 1.165) is 5.75 Å². The van der Waals surface area contributed by atoms with Crippen molar-refractivity contribution < 1.29 is 18.7 Å². The second-order valence-corrected chi connectivity index (χ2v) is 6.64. The van der Waals surface area contributed by atoms with Gasteiger partial charge in [0.25, 0.3) is 0 Å². The van der Waals surface area contributed by atoms with Gasteiger partial charge in [-0.15, -0.1) is 10.2 Å². The van der Waals surface area contributed by atoms with Crippen molar-refractivity contribution in [1.29, 1.82) is 0 Å². The lowest BCUT2D eigenvalue weighted by Crippen LogP contribution is -2.14. The minimum Gasteiger partial charge on any atom is -0.490 e. The average molecular weight is 387 g/mol. The number of carbonyl (C=O) groups excluding carboxylic acids is 1. The van der Waals surface area contributed by atoms with Crippen LogP contribution in [0.3, 0.4) is 0 Å². The van der Waals surface area contributed by atoms with Crippen LogP contribution < -0.4 is 4.74 Å². The lowest BCUT2D eigenvalue weighted by atomic mass is 10.2. The van der Waals surface area contributed by atoms with Crippen molar-refractivity contribution in [1.82, 2.24) is 14.8 Å². The van der Waals surface area contributed by atoms with E-state index in [0.29, 0.717) is 29.9 Å². The van der Waals surface area contributed by atoms with Gasteiger partial charge in [0.15, 0.2) is 16.7 Å². The molecule has 0 amide bonds. The van der Waals surface area contributed by atoms with E-state index in [2.05, 4.69) is 10.2 Å². The molecule has 3 rings (SSSR count). The number of esters is 1. The van der Waals surface area contributed by atoms with Crippen molar-refractivity contribution in [3.63, 3.8) is 0 Å². The monoisotopic (exact) mass is 387 g/mol. The summed E-state index contributed by atoms with van der Waals surface area (Å²) >= 11 is 1.29. The van der Waals surface area contributed by atoms with Crippen LogP contribution in [0.4, 0.5) is 0 Å². The highest BCUT2D eigenvalue weighted by Gasteiger charge is 2.16. The predicted octanol–water partition coefficient (Wildman–Crippen LogP) is 3.58. The maximum atomic E-state index is 11.9. The molecule has 0 fully saturated rings. The van der Waals surface area contributed by atoms with Crippen LogP contribution in [0.5, 0.6) is 5.75 Å². The van der Waals surface area contributed by atoms with Crippen LogP contribution in [0.1, 0.15) is 12.5 Å². The number of hydrogen-bond acceptors (Lipinski definition) is 7. The van der Waals surface area contributed by atoms with E-state index in [1.165, 1.54) is 17.3 Å². The average Bonchev–Trinajstić information content (AvgIpc) is 3.34. The molecule has 0 saturated carbocycles. The molecule has 1 aromatic carbocycles. The predicted molar refractivity (Wildman–Crippen MR) is 102 cm³/mol. The zero-order valence-electron chi connectivity index (χ0n) is 15.3. The quantitative estimate of drug-likeness (QED) is 0.315. The van der Waals surface area contributed by atoms with Gasteiger partial charge < -0.3 is 13.9 Å². The van der Waals surface area contributed by atoms with E-state index in [1.807, 2.05) is 48.7 Å². The molecule has 0 N–H and O–H groups in total. The molecule has 0 bridgehead atoms. The molecule has 0 aliphatic carbocycles. The number of hydrogen-bond donors (Lipinski definition) is 0.